The Kier molecular flexibility index (Phi) is 7.76. The number of aliphatic hydroxyl groups is 1. The van der Waals surface area contributed by atoms with E-state index in [1.165, 1.54) is 4.31 Å². The van der Waals surface area contributed by atoms with Crippen LogP contribution < -0.4 is 10.1 Å². The highest BCUT2D eigenvalue weighted by Gasteiger charge is 2.27. The smallest absolute Gasteiger partial charge is 0.243 e. The van der Waals surface area contributed by atoms with E-state index >= 15 is 0 Å². The number of nitrogens with zero attached hydrogens (tertiary/aromatic N) is 1. The van der Waals surface area contributed by atoms with Gasteiger partial charge in [-0.1, -0.05) is 37.6 Å². The Balaban J connectivity index is 1.77. The van der Waals surface area contributed by atoms with Crippen molar-refractivity contribution >= 4 is 21.6 Å². The molecule has 3 rings (SSSR count). The minimum atomic E-state index is -3.68. The van der Waals surface area contributed by atoms with E-state index in [4.69, 9.17) is 16.3 Å². The number of halogens is 1. The zero-order chi connectivity index (χ0) is 21.7. The van der Waals surface area contributed by atoms with E-state index in [2.05, 4.69) is 5.32 Å². The third-order valence-electron chi connectivity index (χ3n) is 4.98. The summed E-state index contributed by atoms with van der Waals surface area (Å²) < 4.78 is 34.0. The first-order valence-corrected chi connectivity index (χ1v) is 12.0. The number of benzene rings is 2. The zero-order valence-electron chi connectivity index (χ0n) is 17.3. The molecule has 2 aromatic carbocycles. The van der Waals surface area contributed by atoms with Gasteiger partial charge in [0.1, 0.15) is 18.0 Å². The summed E-state index contributed by atoms with van der Waals surface area (Å²) in [5, 5.41) is 13.8. The van der Waals surface area contributed by atoms with Gasteiger partial charge in [-0.05, 0) is 60.8 Å². The van der Waals surface area contributed by atoms with Crippen molar-refractivity contribution in [1.29, 1.82) is 0 Å². The van der Waals surface area contributed by atoms with Gasteiger partial charge in [-0.2, -0.15) is 4.31 Å². The lowest BCUT2D eigenvalue weighted by Gasteiger charge is -2.29. The summed E-state index contributed by atoms with van der Waals surface area (Å²) >= 11 is 5.95. The van der Waals surface area contributed by atoms with Crippen LogP contribution in [0.2, 0.25) is 5.02 Å². The van der Waals surface area contributed by atoms with Crippen LogP contribution in [0.4, 0.5) is 0 Å². The van der Waals surface area contributed by atoms with E-state index in [0.29, 0.717) is 30.3 Å². The van der Waals surface area contributed by atoms with Gasteiger partial charge in [0, 0.05) is 24.7 Å². The molecule has 0 saturated carbocycles. The van der Waals surface area contributed by atoms with Crippen molar-refractivity contribution in [1.82, 2.24) is 9.62 Å². The second kappa shape index (κ2) is 10.1. The monoisotopic (exact) mass is 452 g/mol. The quantitative estimate of drug-likeness (QED) is 0.642. The van der Waals surface area contributed by atoms with Crippen LogP contribution >= 0.6 is 11.6 Å². The van der Waals surface area contributed by atoms with E-state index in [1.807, 2.05) is 26.0 Å². The highest BCUT2D eigenvalue weighted by Crippen LogP contribution is 2.24. The molecule has 2 atom stereocenters. The van der Waals surface area contributed by atoms with Crippen molar-refractivity contribution < 1.29 is 18.3 Å². The van der Waals surface area contributed by atoms with Gasteiger partial charge in [-0.3, -0.25) is 0 Å². The summed E-state index contributed by atoms with van der Waals surface area (Å²) in [5.74, 6) is 0.726. The number of hydrogen-bond donors (Lipinski definition) is 2. The molecule has 164 valence electrons. The number of rotatable bonds is 8. The van der Waals surface area contributed by atoms with Gasteiger partial charge in [0.25, 0.3) is 0 Å². The molecule has 0 unspecified atom stereocenters. The van der Waals surface area contributed by atoms with Gasteiger partial charge in [-0.25, -0.2) is 8.42 Å². The van der Waals surface area contributed by atoms with Crippen molar-refractivity contribution in [2.75, 3.05) is 19.6 Å². The largest absolute Gasteiger partial charge is 0.488 e. The van der Waals surface area contributed by atoms with Crippen LogP contribution in [0, 0.1) is 5.92 Å². The molecular formula is C22H29ClN2O4S. The Morgan fingerprint density at radius 2 is 1.83 bits per heavy atom. The Bertz CT molecular complexity index is 917. The fourth-order valence-electron chi connectivity index (χ4n) is 3.42. The van der Waals surface area contributed by atoms with Crippen molar-refractivity contribution in [3.8, 4) is 5.75 Å². The molecule has 2 aromatic rings. The molecule has 30 heavy (non-hydrogen) atoms. The molecule has 6 nitrogen and oxygen atoms in total. The molecular weight excluding hydrogens is 424 g/mol. The second-order valence-electron chi connectivity index (χ2n) is 8.01. The molecule has 2 N–H and O–H groups in total. The summed E-state index contributed by atoms with van der Waals surface area (Å²) in [7, 11) is -3.68. The molecule has 1 aliphatic rings. The zero-order valence-corrected chi connectivity index (χ0v) is 18.9. The number of hydrogen-bond acceptors (Lipinski definition) is 5. The lowest BCUT2D eigenvalue weighted by Crippen LogP contribution is -2.46. The third kappa shape index (κ3) is 5.95. The lowest BCUT2D eigenvalue weighted by molar-refractivity contribution is 0.0162. The predicted molar refractivity (Wildman–Crippen MR) is 118 cm³/mol. The average molecular weight is 453 g/mol. The summed E-state index contributed by atoms with van der Waals surface area (Å²) in [6.07, 6.45) is -0.177. The standard InChI is InChI=1S/C22H29ClN2O4S/c1-16(2)14-25(15-17-3-5-18(23)6-4-17)30(27,28)20-9-7-19(8-10-20)29-22-11-12-24-13-21(22)26/h3-10,16,21-22,24,26H,11-15H2,1-2H3/t21-,22-/m0/s1. The predicted octanol–water partition coefficient (Wildman–Crippen LogP) is 3.29. The molecule has 0 spiro atoms. The van der Waals surface area contributed by atoms with Gasteiger partial charge in [0.15, 0.2) is 0 Å². The van der Waals surface area contributed by atoms with Crippen LogP contribution in [0.3, 0.4) is 0 Å². The maximum absolute atomic E-state index is 13.3. The molecule has 1 fully saturated rings. The minimum Gasteiger partial charge on any atom is -0.488 e. The summed E-state index contributed by atoms with van der Waals surface area (Å²) in [4.78, 5) is 0.218. The summed E-state index contributed by atoms with van der Waals surface area (Å²) in [5.41, 5.74) is 0.878. The second-order valence-corrected chi connectivity index (χ2v) is 10.4. The molecule has 0 aliphatic carbocycles. The molecule has 1 saturated heterocycles. The molecule has 0 radical (unpaired) electrons. The SMILES string of the molecule is CC(C)CN(Cc1ccc(Cl)cc1)S(=O)(=O)c1ccc(O[C@H]2CCNC[C@@H]2O)cc1. The fourth-order valence-corrected chi connectivity index (χ4v) is 5.14. The maximum Gasteiger partial charge on any atom is 0.243 e. The first-order valence-electron chi connectivity index (χ1n) is 10.2. The van der Waals surface area contributed by atoms with Crippen LogP contribution in [0.25, 0.3) is 0 Å². The topological polar surface area (TPSA) is 78.9 Å². The molecule has 1 heterocycles. The highest BCUT2D eigenvalue weighted by atomic mass is 35.5. The first-order chi connectivity index (χ1) is 14.3. The first kappa shape index (κ1) is 23.0. The Morgan fingerprint density at radius 1 is 1.17 bits per heavy atom. The Morgan fingerprint density at radius 3 is 2.43 bits per heavy atom. The van der Waals surface area contributed by atoms with E-state index in [9.17, 15) is 13.5 Å². The summed E-state index contributed by atoms with van der Waals surface area (Å²) in [6, 6.07) is 13.6. The Hall–Kier alpha value is -1.64. The van der Waals surface area contributed by atoms with E-state index in [1.54, 1.807) is 36.4 Å². The molecule has 8 heteroatoms. The number of ether oxygens (including phenoxy) is 1. The van der Waals surface area contributed by atoms with Crippen molar-refractivity contribution in [2.45, 2.75) is 43.9 Å². The van der Waals surface area contributed by atoms with Crippen molar-refractivity contribution in [2.24, 2.45) is 5.92 Å². The van der Waals surface area contributed by atoms with Crippen LogP contribution in [-0.4, -0.2) is 49.7 Å². The van der Waals surface area contributed by atoms with Gasteiger partial charge < -0.3 is 15.2 Å². The average Bonchev–Trinajstić information content (AvgIpc) is 2.71. The molecule has 0 amide bonds. The summed E-state index contributed by atoms with van der Waals surface area (Å²) in [6.45, 7) is 5.94. The van der Waals surface area contributed by atoms with Gasteiger partial charge in [-0.15, -0.1) is 0 Å². The number of sulfonamides is 1. The number of aliphatic hydroxyl groups excluding tert-OH is 1. The minimum absolute atomic E-state index is 0.177. The molecule has 0 bridgehead atoms. The van der Waals surface area contributed by atoms with E-state index in [-0.39, 0.29) is 23.5 Å². The van der Waals surface area contributed by atoms with Crippen LogP contribution in [0.5, 0.6) is 5.75 Å². The van der Waals surface area contributed by atoms with Gasteiger partial charge in [0.05, 0.1) is 4.90 Å². The fraction of sp³-hybridized carbons (Fsp3) is 0.455. The van der Waals surface area contributed by atoms with Crippen LogP contribution in [0.15, 0.2) is 53.4 Å². The molecule has 1 aliphatic heterocycles. The van der Waals surface area contributed by atoms with Gasteiger partial charge in [0.2, 0.25) is 10.0 Å². The third-order valence-corrected chi connectivity index (χ3v) is 7.06. The normalized spacial score (nSPS) is 19.9. The van der Waals surface area contributed by atoms with Crippen LogP contribution in [-0.2, 0) is 16.6 Å². The van der Waals surface area contributed by atoms with E-state index in [0.717, 1.165) is 12.1 Å². The van der Waals surface area contributed by atoms with Crippen molar-refractivity contribution in [3.63, 3.8) is 0 Å². The maximum atomic E-state index is 13.3. The number of β-amino-alcohol motifs (C(OH)–C–C–N with tert-alkyl or cyclic N) is 1. The van der Waals surface area contributed by atoms with Gasteiger partial charge >= 0.3 is 0 Å². The van der Waals surface area contributed by atoms with Crippen LogP contribution in [0.1, 0.15) is 25.8 Å². The molecule has 0 aromatic heterocycles. The van der Waals surface area contributed by atoms with Crippen molar-refractivity contribution in [3.05, 3.63) is 59.1 Å². The lowest BCUT2D eigenvalue weighted by atomic mass is 10.1. The number of nitrogens with one attached hydrogen (secondary N) is 1. The number of piperidine rings is 1. The Labute approximate surface area is 183 Å². The highest BCUT2D eigenvalue weighted by molar-refractivity contribution is 7.89. The van der Waals surface area contributed by atoms with E-state index < -0.39 is 16.1 Å².